The number of benzene rings is 1. The van der Waals surface area contributed by atoms with Crippen molar-refractivity contribution in [2.24, 2.45) is 5.41 Å². The van der Waals surface area contributed by atoms with Gasteiger partial charge in [-0.05, 0) is 29.5 Å². The number of likely N-dealkylation sites (tertiary alicyclic amines) is 1. The quantitative estimate of drug-likeness (QED) is 0.717. The average Bonchev–Trinajstić information content (AvgIpc) is 3.31. The third-order valence-electron chi connectivity index (χ3n) is 5.61. The van der Waals surface area contributed by atoms with Crippen LogP contribution in [0.15, 0.2) is 29.8 Å². The Morgan fingerprint density at radius 3 is 2.55 bits per heavy atom. The van der Waals surface area contributed by atoms with E-state index in [0.29, 0.717) is 6.54 Å². The number of aromatic nitrogens is 1. The summed E-state index contributed by atoms with van der Waals surface area (Å²) in [5.74, 6) is -0.466. The molecule has 3 rings (SSSR count). The lowest BCUT2D eigenvalue weighted by Crippen LogP contribution is -2.51. The zero-order valence-corrected chi connectivity index (χ0v) is 19.6. The number of carbonyl (C=O) groups excluding carboxylic acids is 2. The van der Waals surface area contributed by atoms with Crippen LogP contribution in [0.4, 0.5) is 0 Å². The monoisotopic (exact) mass is 443 g/mol. The molecule has 1 aromatic heterocycles. The third kappa shape index (κ3) is 5.31. The number of aliphatic hydroxyl groups is 1. The lowest BCUT2D eigenvalue weighted by atomic mass is 9.86. The molecule has 2 heterocycles. The summed E-state index contributed by atoms with van der Waals surface area (Å²) in [6, 6.07) is 6.75. The molecule has 0 bridgehead atoms. The second-order valence-electron chi connectivity index (χ2n) is 9.10. The SMILES string of the molecule is C[N-][C@H](C(=O)N1C[C@@H](O)C[C@H]1C(=O)NCc1ccc(-c2scnc2C)cc1)C(C)(C)C. The van der Waals surface area contributed by atoms with E-state index >= 15 is 0 Å². The van der Waals surface area contributed by atoms with E-state index in [1.165, 1.54) is 4.90 Å². The second-order valence-corrected chi connectivity index (χ2v) is 9.96. The van der Waals surface area contributed by atoms with Crippen LogP contribution < -0.4 is 5.32 Å². The van der Waals surface area contributed by atoms with Gasteiger partial charge in [-0.3, -0.25) is 9.59 Å². The largest absolute Gasteiger partial charge is 0.654 e. The molecule has 1 saturated heterocycles. The summed E-state index contributed by atoms with van der Waals surface area (Å²) in [5.41, 5.74) is 4.54. The van der Waals surface area contributed by atoms with Crippen molar-refractivity contribution in [3.05, 3.63) is 46.4 Å². The normalized spacial score (nSPS) is 20.0. The first-order valence-corrected chi connectivity index (χ1v) is 11.3. The van der Waals surface area contributed by atoms with Gasteiger partial charge < -0.3 is 20.6 Å². The Morgan fingerprint density at radius 1 is 1.32 bits per heavy atom. The van der Waals surface area contributed by atoms with Gasteiger partial charge in [0, 0.05) is 19.5 Å². The molecule has 1 aromatic carbocycles. The number of aliphatic hydroxyl groups excluding tert-OH is 1. The van der Waals surface area contributed by atoms with E-state index in [1.54, 1.807) is 18.4 Å². The number of rotatable bonds is 6. The fourth-order valence-electron chi connectivity index (χ4n) is 3.99. The molecule has 0 radical (unpaired) electrons. The van der Waals surface area contributed by atoms with Gasteiger partial charge in [-0.25, -0.2) is 4.98 Å². The van der Waals surface area contributed by atoms with Crippen LogP contribution in [-0.4, -0.2) is 58.6 Å². The van der Waals surface area contributed by atoms with Gasteiger partial charge in [-0.2, -0.15) is 7.05 Å². The molecule has 7 nitrogen and oxygen atoms in total. The molecule has 31 heavy (non-hydrogen) atoms. The van der Waals surface area contributed by atoms with Crippen LogP contribution in [0.2, 0.25) is 0 Å². The molecule has 2 N–H and O–H groups in total. The molecule has 1 aliphatic rings. The van der Waals surface area contributed by atoms with Gasteiger partial charge in [-0.1, -0.05) is 45.0 Å². The van der Waals surface area contributed by atoms with Crippen molar-refractivity contribution in [1.82, 2.24) is 15.2 Å². The van der Waals surface area contributed by atoms with Gasteiger partial charge >= 0.3 is 0 Å². The van der Waals surface area contributed by atoms with Crippen LogP contribution in [0.3, 0.4) is 0 Å². The zero-order valence-electron chi connectivity index (χ0n) is 18.8. The van der Waals surface area contributed by atoms with Crippen LogP contribution in [0.25, 0.3) is 15.8 Å². The van der Waals surface area contributed by atoms with Crippen LogP contribution in [0.5, 0.6) is 0 Å². The van der Waals surface area contributed by atoms with Crippen molar-refractivity contribution in [2.45, 2.75) is 58.8 Å². The number of thiazole rings is 1. The lowest BCUT2D eigenvalue weighted by Gasteiger charge is -2.42. The second kappa shape index (κ2) is 9.46. The molecular weight excluding hydrogens is 412 g/mol. The van der Waals surface area contributed by atoms with Crippen LogP contribution in [-0.2, 0) is 16.1 Å². The van der Waals surface area contributed by atoms with E-state index in [1.807, 2.05) is 57.5 Å². The number of likely N-dealkylation sites (N-methyl/N-ethyl adjacent to an activating group) is 1. The molecule has 8 heteroatoms. The molecule has 168 valence electrons. The van der Waals surface area contributed by atoms with E-state index in [9.17, 15) is 14.7 Å². The fourth-order valence-corrected chi connectivity index (χ4v) is 4.80. The van der Waals surface area contributed by atoms with E-state index in [-0.39, 0.29) is 30.2 Å². The van der Waals surface area contributed by atoms with Crippen LogP contribution in [0, 0.1) is 12.3 Å². The van der Waals surface area contributed by atoms with E-state index in [2.05, 4.69) is 15.6 Å². The van der Waals surface area contributed by atoms with Crippen LogP contribution in [0.1, 0.15) is 38.4 Å². The van der Waals surface area contributed by atoms with E-state index in [0.717, 1.165) is 21.7 Å². The predicted molar refractivity (Wildman–Crippen MR) is 123 cm³/mol. The standard InChI is InChI=1S/C23H31N4O3S/c1-14-19(31-13-26-14)16-8-6-15(7-9-16)11-25-21(29)18-10-17(28)12-27(18)22(30)20(24-5)23(2,3)4/h6-9,13,17-18,20,28H,10-12H2,1-5H3,(H,25,29)/q-1/t17-,18-,20+/m0/s1. The lowest BCUT2D eigenvalue weighted by molar-refractivity contribution is -0.140. The first kappa shape index (κ1) is 23.4. The Hall–Kier alpha value is -2.29. The average molecular weight is 444 g/mol. The number of hydrogen-bond donors (Lipinski definition) is 2. The first-order valence-electron chi connectivity index (χ1n) is 10.5. The summed E-state index contributed by atoms with van der Waals surface area (Å²) in [4.78, 5) is 32.9. The highest BCUT2D eigenvalue weighted by Crippen LogP contribution is 2.30. The molecule has 0 aliphatic carbocycles. The Balaban J connectivity index is 1.65. The van der Waals surface area contributed by atoms with Gasteiger partial charge in [0.15, 0.2) is 0 Å². The van der Waals surface area contributed by atoms with Crippen molar-refractivity contribution in [2.75, 3.05) is 13.6 Å². The zero-order chi connectivity index (χ0) is 22.8. The number of carbonyl (C=O) groups is 2. The van der Waals surface area contributed by atoms with Crippen molar-refractivity contribution < 1.29 is 14.7 Å². The highest BCUT2D eigenvalue weighted by molar-refractivity contribution is 7.13. The maximum atomic E-state index is 13.1. The van der Waals surface area contributed by atoms with E-state index < -0.39 is 18.2 Å². The molecule has 2 amide bonds. The Bertz CT molecular complexity index is 920. The summed E-state index contributed by atoms with van der Waals surface area (Å²) < 4.78 is 0. The molecular formula is C23H31N4O3S-. The van der Waals surface area contributed by atoms with Gasteiger partial charge in [-0.15, -0.1) is 11.3 Å². The summed E-state index contributed by atoms with van der Waals surface area (Å²) in [5, 5.41) is 17.3. The van der Waals surface area contributed by atoms with E-state index in [4.69, 9.17) is 0 Å². The van der Waals surface area contributed by atoms with Crippen molar-refractivity contribution in [3.8, 4) is 10.4 Å². The smallest absolute Gasteiger partial charge is 0.243 e. The maximum absolute atomic E-state index is 13.1. The first-order chi connectivity index (χ1) is 14.6. The molecule has 3 atom stereocenters. The van der Waals surface area contributed by atoms with Crippen molar-refractivity contribution in [1.29, 1.82) is 0 Å². The molecule has 0 saturated carbocycles. The molecule has 2 aromatic rings. The minimum Gasteiger partial charge on any atom is -0.654 e. The molecule has 1 fully saturated rings. The summed E-state index contributed by atoms with van der Waals surface area (Å²) in [7, 11) is 1.62. The third-order valence-corrected chi connectivity index (χ3v) is 6.58. The molecule has 1 aliphatic heterocycles. The van der Waals surface area contributed by atoms with Gasteiger partial charge in [0.05, 0.1) is 22.2 Å². The number of β-amino-alcohol motifs (C(OH)–C–C–N with tert-alkyl or cyclic N) is 1. The number of hydrogen-bond acceptors (Lipinski definition) is 5. The van der Waals surface area contributed by atoms with Crippen LogP contribution >= 0.6 is 11.3 Å². The Labute approximate surface area is 187 Å². The van der Waals surface area contributed by atoms with Crippen molar-refractivity contribution in [3.63, 3.8) is 0 Å². The summed E-state index contributed by atoms with van der Waals surface area (Å²) in [6.07, 6.45) is -0.471. The summed E-state index contributed by atoms with van der Waals surface area (Å²) in [6.45, 7) is 8.34. The minimum atomic E-state index is -0.709. The summed E-state index contributed by atoms with van der Waals surface area (Å²) >= 11 is 1.60. The van der Waals surface area contributed by atoms with Gasteiger partial charge in [0.25, 0.3) is 0 Å². The molecule has 0 spiro atoms. The maximum Gasteiger partial charge on any atom is 0.243 e. The van der Waals surface area contributed by atoms with Gasteiger partial charge in [0.2, 0.25) is 11.8 Å². The van der Waals surface area contributed by atoms with Gasteiger partial charge in [0.1, 0.15) is 6.04 Å². The number of amides is 2. The number of nitrogens with one attached hydrogen (secondary N) is 1. The Kier molecular flexibility index (Phi) is 7.13. The molecule has 0 unspecified atom stereocenters. The number of nitrogens with zero attached hydrogens (tertiary/aromatic N) is 3. The highest BCUT2D eigenvalue weighted by Gasteiger charge is 2.40. The fraction of sp³-hybridized carbons (Fsp3) is 0.522. The predicted octanol–water partition coefficient (Wildman–Crippen LogP) is 3.11. The Morgan fingerprint density at radius 2 is 2.00 bits per heavy atom. The minimum absolute atomic E-state index is 0.155. The number of aryl methyl sites for hydroxylation is 1. The topological polar surface area (TPSA) is 96.6 Å². The van der Waals surface area contributed by atoms with Crippen molar-refractivity contribution >= 4 is 23.2 Å². The highest BCUT2D eigenvalue weighted by atomic mass is 32.1.